The van der Waals surface area contributed by atoms with Crippen molar-refractivity contribution in [3.05, 3.63) is 27.7 Å². The molecule has 0 heterocycles. The van der Waals surface area contributed by atoms with E-state index in [-0.39, 0.29) is 0 Å². The third-order valence-corrected chi connectivity index (χ3v) is 2.67. The van der Waals surface area contributed by atoms with Crippen LogP contribution in [0.4, 0.5) is 4.39 Å². The summed E-state index contributed by atoms with van der Waals surface area (Å²) in [6, 6.07) is 3.43. The molecule has 0 aromatic heterocycles. The van der Waals surface area contributed by atoms with Gasteiger partial charge in [-0.15, -0.1) is 0 Å². The zero-order chi connectivity index (χ0) is 12.7. The standard InChI is InChI=1S/C12H16Cl2FNO/c1-2-16-8-9-6-10(13)7-11(14)12(9)17-5-3-4-15/h6-7,16H,2-5,8H2,1H3. The highest BCUT2D eigenvalue weighted by atomic mass is 35.5. The topological polar surface area (TPSA) is 21.3 Å². The molecule has 1 rings (SSSR count). The maximum Gasteiger partial charge on any atom is 0.142 e. The molecule has 0 saturated heterocycles. The van der Waals surface area contributed by atoms with Gasteiger partial charge in [-0.1, -0.05) is 30.1 Å². The maximum atomic E-state index is 12.0. The average Bonchev–Trinajstić information content (AvgIpc) is 2.29. The minimum atomic E-state index is -0.395. The summed E-state index contributed by atoms with van der Waals surface area (Å²) in [5.74, 6) is 0.588. The monoisotopic (exact) mass is 279 g/mol. The van der Waals surface area contributed by atoms with Gasteiger partial charge in [0.25, 0.3) is 0 Å². The number of nitrogens with one attached hydrogen (secondary N) is 1. The lowest BCUT2D eigenvalue weighted by Gasteiger charge is -2.13. The number of hydrogen-bond acceptors (Lipinski definition) is 2. The van der Waals surface area contributed by atoms with Gasteiger partial charge in [-0.05, 0) is 18.7 Å². The zero-order valence-electron chi connectivity index (χ0n) is 9.73. The van der Waals surface area contributed by atoms with E-state index in [2.05, 4.69) is 5.32 Å². The average molecular weight is 280 g/mol. The molecule has 0 unspecified atom stereocenters. The van der Waals surface area contributed by atoms with E-state index in [0.29, 0.717) is 35.4 Å². The van der Waals surface area contributed by atoms with Crippen LogP contribution in [-0.4, -0.2) is 19.8 Å². The summed E-state index contributed by atoms with van der Waals surface area (Å²) in [7, 11) is 0. The second-order valence-electron chi connectivity index (χ2n) is 3.55. The van der Waals surface area contributed by atoms with E-state index in [1.54, 1.807) is 12.1 Å². The van der Waals surface area contributed by atoms with Gasteiger partial charge in [0.05, 0.1) is 18.3 Å². The fourth-order valence-corrected chi connectivity index (χ4v) is 1.99. The molecule has 96 valence electrons. The second-order valence-corrected chi connectivity index (χ2v) is 4.39. The van der Waals surface area contributed by atoms with Crippen LogP contribution in [0.5, 0.6) is 5.75 Å². The largest absolute Gasteiger partial charge is 0.492 e. The lowest BCUT2D eigenvalue weighted by molar-refractivity contribution is 0.287. The molecule has 17 heavy (non-hydrogen) atoms. The summed E-state index contributed by atoms with van der Waals surface area (Å²) >= 11 is 12.0. The summed E-state index contributed by atoms with van der Waals surface area (Å²) < 4.78 is 17.5. The van der Waals surface area contributed by atoms with Crippen LogP contribution in [0.1, 0.15) is 18.9 Å². The molecule has 0 aliphatic rings. The molecule has 0 aliphatic heterocycles. The number of ether oxygens (including phenoxy) is 1. The molecular weight excluding hydrogens is 264 g/mol. The molecule has 0 amide bonds. The normalized spacial score (nSPS) is 10.6. The van der Waals surface area contributed by atoms with Crippen molar-refractivity contribution < 1.29 is 9.13 Å². The van der Waals surface area contributed by atoms with E-state index in [0.717, 1.165) is 12.1 Å². The van der Waals surface area contributed by atoms with Gasteiger partial charge in [-0.2, -0.15) is 0 Å². The first-order valence-corrected chi connectivity index (χ1v) is 6.32. The van der Waals surface area contributed by atoms with Crippen molar-refractivity contribution in [1.29, 1.82) is 0 Å². The quantitative estimate of drug-likeness (QED) is 0.766. The Labute approximate surface area is 111 Å². The number of halogens is 3. The number of rotatable bonds is 7. The van der Waals surface area contributed by atoms with Gasteiger partial charge in [-0.3, -0.25) is 4.39 Å². The lowest BCUT2D eigenvalue weighted by Crippen LogP contribution is -2.13. The molecule has 0 atom stereocenters. The van der Waals surface area contributed by atoms with Crippen molar-refractivity contribution in [1.82, 2.24) is 5.32 Å². The van der Waals surface area contributed by atoms with Gasteiger partial charge in [0.2, 0.25) is 0 Å². The summed E-state index contributed by atoms with van der Waals surface area (Å²) in [6.45, 7) is 3.40. The molecule has 0 radical (unpaired) electrons. The molecule has 1 aromatic carbocycles. The molecule has 0 aliphatic carbocycles. The lowest BCUT2D eigenvalue weighted by atomic mass is 10.2. The molecule has 0 saturated carbocycles. The highest BCUT2D eigenvalue weighted by molar-refractivity contribution is 6.35. The predicted molar refractivity (Wildman–Crippen MR) is 69.9 cm³/mol. The maximum absolute atomic E-state index is 12.0. The van der Waals surface area contributed by atoms with Gasteiger partial charge in [-0.25, -0.2) is 0 Å². The van der Waals surface area contributed by atoms with E-state index < -0.39 is 6.67 Å². The Morgan fingerprint density at radius 2 is 2.12 bits per heavy atom. The smallest absolute Gasteiger partial charge is 0.142 e. The van der Waals surface area contributed by atoms with Crippen molar-refractivity contribution in [2.75, 3.05) is 19.8 Å². The Hall–Kier alpha value is -0.510. The van der Waals surface area contributed by atoms with Crippen LogP contribution < -0.4 is 10.1 Å². The van der Waals surface area contributed by atoms with Gasteiger partial charge >= 0.3 is 0 Å². The SMILES string of the molecule is CCNCc1cc(Cl)cc(Cl)c1OCCCF. The van der Waals surface area contributed by atoms with E-state index in [1.165, 1.54) is 0 Å². The highest BCUT2D eigenvalue weighted by Gasteiger charge is 2.10. The summed E-state index contributed by atoms with van der Waals surface area (Å²) in [5.41, 5.74) is 0.892. The zero-order valence-corrected chi connectivity index (χ0v) is 11.2. The third kappa shape index (κ3) is 4.70. The number of hydrogen-bond donors (Lipinski definition) is 1. The second kappa shape index (κ2) is 7.75. The first kappa shape index (κ1) is 14.6. The number of benzene rings is 1. The minimum Gasteiger partial charge on any atom is -0.492 e. The molecule has 1 aromatic rings. The highest BCUT2D eigenvalue weighted by Crippen LogP contribution is 2.32. The molecule has 2 nitrogen and oxygen atoms in total. The molecule has 1 N–H and O–H groups in total. The third-order valence-electron chi connectivity index (χ3n) is 2.18. The van der Waals surface area contributed by atoms with Gasteiger partial charge in [0.1, 0.15) is 5.75 Å². The van der Waals surface area contributed by atoms with E-state index >= 15 is 0 Å². The molecule has 0 fully saturated rings. The van der Waals surface area contributed by atoms with Crippen LogP contribution in [0.15, 0.2) is 12.1 Å². The van der Waals surface area contributed by atoms with Crippen molar-refractivity contribution in [2.24, 2.45) is 0 Å². The Balaban J connectivity index is 2.82. The van der Waals surface area contributed by atoms with Gasteiger partial charge in [0.15, 0.2) is 0 Å². The number of alkyl halides is 1. The van der Waals surface area contributed by atoms with Crippen LogP contribution in [0.2, 0.25) is 10.0 Å². The Morgan fingerprint density at radius 1 is 1.35 bits per heavy atom. The predicted octanol–water partition coefficient (Wildman–Crippen LogP) is 3.84. The van der Waals surface area contributed by atoms with Gasteiger partial charge in [0, 0.05) is 23.6 Å². The van der Waals surface area contributed by atoms with Crippen LogP contribution in [0.3, 0.4) is 0 Å². The fraction of sp³-hybridized carbons (Fsp3) is 0.500. The first-order chi connectivity index (χ1) is 8.19. The fourth-order valence-electron chi connectivity index (χ4n) is 1.40. The van der Waals surface area contributed by atoms with Gasteiger partial charge < -0.3 is 10.1 Å². The van der Waals surface area contributed by atoms with Crippen LogP contribution >= 0.6 is 23.2 Å². The molecular formula is C12H16Cl2FNO. The van der Waals surface area contributed by atoms with Crippen molar-refractivity contribution in [3.63, 3.8) is 0 Å². The van der Waals surface area contributed by atoms with Crippen molar-refractivity contribution >= 4 is 23.2 Å². The molecule has 5 heteroatoms. The molecule has 0 bridgehead atoms. The minimum absolute atomic E-state index is 0.316. The Bertz CT molecular complexity index is 361. The van der Waals surface area contributed by atoms with E-state index in [1.807, 2.05) is 6.92 Å². The summed E-state index contributed by atoms with van der Waals surface area (Å²) in [5, 5.41) is 4.21. The van der Waals surface area contributed by atoms with Crippen molar-refractivity contribution in [2.45, 2.75) is 19.9 Å². The Kier molecular flexibility index (Phi) is 6.63. The van der Waals surface area contributed by atoms with Crippen molar-refractivity contribution in [3.8, 4) is 5.75 Å². The summed E-state index contributed by atoms with van der Waals surface area (Å²) in [6.07, 6.45) is 0.361. The Morgan fingerprint density at radius 3 is 2.76 bits per heavy atom. The molecule has 0 spiro atoms. The van der Waals surface area contributed by atoms with E-state index in [4.69, 9.17) is 27.9 Å². The van der Waals surface area contributed by atoms with Crippen LogP contribution in [-0.2, 0) is 6.54 Å². The first-order valence-electron chi connectivity index (χ1n) is 5.56. The van der Waals surface area contributed by atoms with Crippen LogP contribution in [0, 0.1) is 0 Å². The van der Waals surface area contributed by atoms with E-state index in [9.17, 15) is 4.39 Å². The van der Waals surface area contributed by atoms with Crippen LogP contribution in [0.25, 0.3) is 0 Å². The summed E-state index contributed by atoms with van der Waals surface area (Å²) in [4.78, 5) is 0.